The molecule has 106 valence electrons. The average Bonchev–Trinajstić information content (AvgIpc) is 2.46. The van der Waals surface area contributed by atoms with Crippen molar-refractivity contribution in [3.8, 4) is 11.5 Å². The second-order valence-electron chi connectivity index (χ2n) is 4.66. The topological polar surface area (TPSA) is 24.9 Å². The van der Waals surface area contributed by atoms with Crippen LogP contribution in [0.5, 0.6) is 11.5 Å². The number of fused-ring (bicyclic) bond motifs is 3. The van der Waals surface area contributed by atoms with Crippen molar-refractivity contribution >= 4 is 71.0 Å². The molecule has 2 aliphatic rings. The van der Waals surface area contributed by atoms with Gasteiger partial charge in [-0.3, -0.25) is 4.67 Å². The zero-order valence-corrected chi connectivity index (χ0v) is 17.3. The van der Waals surface area contributed by atoms with Crippen LogP contribution >= 0.6 is 58.6 Å². The maximum absolute atomic E-state index is 5.92. The van der Waals surface area contributed by atoms with Gasteiger partial charge >= 0.3 is 0 Å². The van der Waals surface area contributed by atoms with Gasteiger partial charge in [0, 0.05) is 24.2 Å². The molecule has 4 nitrogen and oxygen atoms in total. The summed E-state index contributed by atoms with van der Waals surface area (Å²) in [4.78, 5) is 1.15. The molecule has 2 atom stereocenters. The summed E-state index contributed by atoms with van der Waals surface area (Å²) in [6.45, 7) is 3.38. The normalized spacial score (nSPS) is 20.9. The van der Waals surface area contributed by atoms with E-state index in [-0.39, 0.29) is 5.59 Å². The molecule has 10 heteroatoms. The molecule has 0 bridgehead atoms. The van der Waals surface area contributed by atoms with Crippen molar-refractivity contribution in [2.45, 2.75) is 13.1 Å². The van der Waals surface area contributed by atoms with E-state index in [4.69, 9.17) is 9.47 Å². The van der Waals surface area contributed by atoms with E-state index in [1.54, 1.807) is 0 Å². The zero-order chi connectivity index (χ0) is 14.1. The molecule has 20 heavy (non-hydrogen) atoms. The van der Waals surface area contributed by atoms with Crippen LogP contribution in [-0.2, 0) is 13.1 Å². The average molecular weight is 532 g/mol. The fraction of sp³-hybridized carbons (Fsp3) is 0.400. The molecule has 0 saturated carbocycles. The Labute approximate surface area is 150 Å². The number of hydrogen-bond acceptors (Lipinski definition) is 4. The molecule has 1 aromatic rings. The van der Waals surface area contributed by atoms with E-state index in [2.05, 4.69) is 73.5 Å². The van der Waals surface area contributed by atoms with Gasteiger partial charge in [0.2, 0.25) is 4.86 Å². The van der Waals surface area contributed by atoms with Crippen molar-refractivity contribution in [2.24, 2.45) is 0 Å². The summed E-state index contributed by atoms with van der Waals surface area (Å²) in [6, 6.07) is 4.13. The molecule has 0 saturated heterocycles. The number of benzene rings is 1. The largest absolute Gasteiger partial charge is 0.478 e. The summed E-state index contributed by atoms with van der Waals surface area (Å²) >= 11 is 4.93. The standard InChI is InChI=1S/C10H14B2I2N2O2P2/c11-20(14)16-4-8-7-3-15(19-12-13)5-17-9(7)1-2-10(8)18-6-16/h1-2,12,19H,3-6,11H2. The third-order valence-corrected chi connectivity index (χ3v) is 8.20. The van der Waals surface area contributed by atoms with Gasteiger partial charge in [-0.2, -0.15) is 0 Å². The van der Waals surface area contributed by atoms with Crippen LogP contribution in [0.1, 0.15) is 11.1 Å². The molecule has 2 aliphatic heterocycles. The van der Waals surface area contributed by atoms with Crippen LogP contribution in [0.3, 0.4) is 0 Å². The van der Waals surface area contributed by atoms with Crippen LogP contribution in [0.25, 0.3) is 0 Å². The number of hydrogen-bond donors (Lipinski definition) is 0. The second-order valence-corrected chi connectivity index (χ2v) is 13.8. The maximum Gasteiger partial charge on any atom is 0.242 e. The molecule has 0 fully saturated rings. The minimum absolute atomic E-state index is 0.150. The molecular weight excluding hydrogens is 518 g/mol. The third kappa shape index (κ3) is 3.40. The Bertz CT molecular complexity index is 512. The van der Waals surface area contributed by atoms with Gasteiger partial charge < -0.3 is 9.47 Å². The highest BCUT2D eigenvalue weighted by atomic mass is 127. The lowest BCUT2D eigenvalue weighted by molar-refractivity contribution is 0.160. The molecule has 0 aliphatic carbocycles. The van der Waals surface area contributed by atoms with Gasteiger partial charge in [0.05, 0.1) is 0 Å². The monoisotopic (exact) mass is 532 g/mol. The lowest BCUT2D eigenvalue weighted by atomic mass is 10.0. The summed E-state index contributed by atoms with van der Waals surface area (Å²) in [5.74, 6) is 2.08. The number of rotatable bonds is 3. The predicted octanol–water partition coefficient (Wildman–Crippen LogP) is 2.58. The molecule has 2 heterocycles. The van der Waals surface area contributed by atoms with Crippen molar-refractivity contribution in [2.75, 3.05) is 13.5 Å². The van der Waals surface area contributed by atoms with Gasteiger partial charge in [-0.1, -0.05) is 8.61 Å². The lowest BCUT2D eigenvalue weighted by Gasteiger charge is -2.36. The van der Waals surface area contributed by atoms with E-state index in [9.17, 15) is 0 Å². The van der Waals surface area contributed by atoms with Crippen LogP contribution in [0.2, 0.25) is 0 Å². The van der Waals surface area contributed by atoms with Gasteiger partial charge in [-0.15, -0.1) is 22.4 Å². The SMILES string of the molecule is BP(I)N1COc2ccc3c(c2C1)CN(PBI)CO3. The van der Waals surface area contributed by atoms with Crippen molar-refractivity contribution < 1.29 is 9.47 Å². The summed E-state index contributed by atoms with van der Waals surface area (Å²) in [7, 11) is 3.09. The van der Waals surface area contributed by atoms with Crippen molar-refractivity contribution in [1.29, 1.82) is 0 Å². The first-order valence-electron chi connectivity index (χ1n) is 6.28. The molecule has 1 aromatic carbocycles. The van der Waals surface area contributed by atoms with Crippen molar-refractivity contribution in [3.63, 3.8) is 0 Å². The Morgan fingerprint density at radius 2 is 1.85 bits per heavy atom. The van der Waals surface area contributed by atoms with E-state index in [1.165, 1.54) is 11.1 Å². The van der Waals surface area contributed by atoms with E-state index in [1.807, 2.05) is 0 Å². The zero-order valence-electron chi connectivity index (χ0n) is 11.1. The highest BCUT2D eigenvalue weighted by Gasteiger charge is 2.27. The summed E-state index contributed by atoms with van der Waals surface area (Å²) < 4.78 is 16.6. The Kier molecular flexibility index (Phi) is 5.76. The minimum Gasteiger partial charge on any atom is -0.478 e. The maximum atomic E-state index is 5.92. The highest BCUT2D eigenvalue weighted by Crippen LogP contribution is 2.48. The van der Waals surface area contributed by atoms with Gasteiger partial charge in [-0.25, -0.2) is 4.67 Å². The molecule has 0 N–H and O–H groups in total. The van der Waals surface area contributed by atoms with Gasteiger partial charge in [0.1, 0.15) is 25.0 Å². The summed E-state index contributed by atoms with van der Waals surface area (Å²) in [5, 5.41) is 0. The Morgan fingerprint density at radius 1 is 1.20 bits per heavy atom. The van der Waals surface area contributed by atoms with Crippen molar-refractivity contribution in [1.82, 2.24) is 9.34 Å². The molecule has 0 aromatic heterocycles. The third-order valence-electron chi connectivity index (χ3n) is 3.45. The Hall–Kier alpha value is 1.19. The lowest BCUT2D eigenvalue weighted by Crippen LogP contribution is -2.31. The fourth-order valence-corrected chi connectivity index (χ4v) is 5.81. The second kappa shape index (κ2) is 7.18. The predicted molar refractivity (Wildman–Crippen MR) is 107 cm³/mol. The fourth-order valence-electron chi connectivity index (χ4n) is 2.39. The molecule has 2 unspecified atom stereocenters. The van der Waals surface area contributed by atoms with Crippen LogP contribution < -0.4 is 9.47 Å². The first-order chi connectivity index (χ1) is 9.69. The van der Waals surface area contributed by atoms with Crippen LogP contribution in [0.15, 0.2) is 12.1 Å². The molecular formula is C10H14B2I2N2O2P2. The van der Waals surface area contributed by atoms with E-state index in [0.29, 0.717) is 13.5 Å². The Morgan fingerprint density at radius 3 is 2.50 bits per heavy atom. The summed E-state index contributed by atoms with van der Waals surface area (Å²) in [5.41, 5.74) is 2.50. The van der Waals surface area contributed by atoms with Crippen LogP contribution in [-0.4, -0.2) is 35.2 Å². The van der Waals surface area contributed by atoms with Gasteiger partial charge in [0.25, 0.3) is 0 Å². The van der Waals surface area contributed by atoms with Crippen LogP contribution in [0.4, 0.5) is 0 Å². The van der Waals surface area contributed by atoms with Crippen molar-refractivity contribution in [3.05, 3.63) is 23.3 Å². The quantitative estimate of drug-likeness (QED) is 0.340. The molecule has 0 amide bonds. The smallest absolute Gasteiger partial charge is 0.242 e. The van der Waals surface area contributed by atoms with Gasteiger partial charge in [0.15, 0.2) is 7.57 Å². The Balaban J connectivity index is 1.90. The first kappa shape index (κ1) is 16.1. The number of ether oxygens (including phenoxy) is 2. The van der Waals surface area contributed by atoms with E-state index < -0.39 is 0 Å². The number of nitrogens with zero attached hydrogens (tertiary/aromatic N) is 2. The van der Waals surface area contributed by atoms with E-state index in [0.717, 1.165) is 38.1 Å². The van der Waals surface area contributed by atoms with E-state index >= 15 is 0 Å². The minimum atomic E-state index is -0.150. The molecule has 0 radical (unpaired) electrons. The van der Waals surface area contributed by atoms with Crippen LogP contribution in [0, 0.1) is 0 Å². The molecule has 0 spiro atoms. The van der Waals surface area contributed by atoms with Gasteiger partial charge in [-0.05, 0) is 39.8 Å². The summed E-state index contributed by atoms with van der Waals surface area (Å²) in [6.07, 6.45) is 0. The first-order valence-corrected chi connectivity index (χ1v) is 13.5. The molecule has 3 rings (SSSR count). The number of halogens is 2. The highest BCUT2D eigenvalue weighted by molar-refractivity contribution is 14.2.